The monoisotopic (exact) mass is 296 g/mol. The molecular formula is C17H16N2OS. The summed E-state index contributed by atoms with van der Waals surface area (Å²) in [6, 6.07) is 17.6. The van der Waals surface area contributed by atoms with Crippen LogP contribution in [0.3, 0.4) is 0 Å². The smallest absolute Gasteiger partial charge is 0.234 e. The van der Waals surface area contributed by atoms with E-state index in [2.05, 4.69) is 0 Å². The van der Waals surface area contributed by atoms with Crippen LogP contribution in [0.2, 0.25) is 0 Å². The van der Waals surface area contributed by atoms with Crippen LogP contribution in [-0.2, 0) is 4.79 Å². The molecule has 0 aromatic heterocycles. The number of nitrogens with zero attached hydrogens (tertiary/aromatic N) is 1. The van der Waals surface area contributed by atoms with Gasteiger partial charge in [-0.3, -0.25) is 15.1 Å². The number of anilines is 1. The van der Waals surface area contributed by atoms with Crippen LogP contribution < -0.4 is 4.90 Å². The number of amides is 1. The molecule has 0 saturated carbocycles. The molecule has 1 aliphatic heterocycles. The maximum atomic E-state index is 12.4. The third-order valence-corrected chi connectivity index (χ3v) is 4.66. The first-order chi connectivity index (χ1) is 10.1. The molecule has 0 spiro atoms. The van der Waals surface area contributed by atoms with E-state index in [-0.39, 0.29) is 11.2 Å². The van der Waals surface area contributed by atoms with Gasteiger partial charge >= 0.3 is 0 Å². The average Bonchev–Trinajstić information content (AvgIpc) is 2.48. The first-order valence-corrected chi connectivity index (χ1v) is 7.73. The van der Waals surface area contributed by atoms with Gasteiger partial charge in [-0.1, -0.05) is 59.8 Å². The first kappa shape index (κ1) is 13.9. The van der Waals surface area contributed by atoms with Crippen LogP contribution in [-0.4, -0.2) is 11.1 Å². The molecule has 1 amide bonds. The molecule has 1 N–H and O–H groups in total. The summed E-state index contributed by atoms with van der Waals surface area (Å²) in [6.45, 7) is 2.04. The van der Waals surface area contributed by atoms with Crippen molar-refractivity contribution in [2.75, 3.05) is 4.90 Å². The molecule has 0 radical (unpaired) electrons. The van der Waals surface area contributed by atoms with E-state index in [1.54, 1.807) is 0 Å². The van der Waals surface area contributed by atoms with Crippen molar-refractivity contribution in [2.45, 2.75) is 18.6 Å². The van der Waals surface area contributed by atoms with Gasteiger partial charge in [0.2, 0.25) is 5.91 Å². The Morgan fingerprint density at radius 3 is 2.38 bits per heavy atom. The molecule has 21 heavy (non-hydrogen) atoms. The third-order valence-electron chi connectivity index (χ3n) is 3.53. The predicted octanol–water partition coefficient (Wildman–Crippen LogP) is 4.14. The first-order valence-electron chi connectivity index (χ1n) is 6.85. The fraction of sp³-hybridized carbons (Fsp3) is 0.176. The van der Waals surface area contributed by atoms with Gasteiger partial charge in [0.05, 0.1) is 5.69 Å². The lowest BCUT2D eigenvalue weighted by molar-refractivity contribution is -0.117. The average molecular weight is 296 g/mol. The predicted molar refractivity (Wildman–Crippen MR) is 87.8 cm³/mol. The standard InChI is InChI=1S/C17H16N2OS/c1-12-7-9-13(10-8-12)15-11-16(20)19(17(18)21-15)14-5-3-2-4-6-14/h2-10,15,18H,11H2,1H3/t15-/m1/s1. The van der Waals surface area contributed by atoms with Crippen LogP contribution >= 0.6 is 11.8 Å². The van der Waals surface area contributed by atoms with E-state index in [4.69, 9.17) is 5.41 Å². The molecule has 4 heteroatoms. The van der Waals surface area contributed by atoms with Crippen molar-refractivity contribution in [1.29, 1.82) is 5.41 Å². The summed E-state index contributed by atoms with van der Waals surface area (Å²) in [5, 5.41) is 8.53. The normalized spacial score (nSPS) is 18.9. The van der Waals surface area contributed by atoms with Gasteiger partial charge in [0.15, 0.2) is 5.17 Å². The van der Waals surface area contributed by atoms with Crippen molar-refractivity contribution in [3.63, 3.8) is 0 Å². The summed E-state index contributed by atoms with van der Waals surface area (Å²) in [7, 11) is 0. The van der Waals surface area contributed by atoms with E-state index in [9.17, 15) is 4.79 Å². The third kappa shape index (κ3) is 2.85. The topological polar surface area (TPSA) is 44.2 Å². The lowest BCUT2D eigenvalue weighted by atomic mass is 10.1. The van der Waals surface area contributed by atoms with Gasteiger partial charge in [-0.15, -0.1) is 0 Å². The molecule has 2 aromatic carbocycles. The second-order valence-corrected chi connectivity index (χ2v) is 6.28. The van der Waals surface area contributed by atoms with Crippen molar-refractivity contribution in [2.24, 2.45) is 0 Å². The van der Waals surface area contributed by atoms with Gasteiger partial charge in [-0.05, 0) is 24.6 Å². The Morgan fingerprint density at radius 2 is 1.76 bits per heavy atom. The minimum atomic E-state index is -0.0180. The quantitative estimate of drug-likeness (QED) is 0.905. The number of aryl methyl sites for hydroxylation is 1. The molecule has 0 bridgehead atoms. The van der Waals surface area contributed by atoms with Crippen molar-refractivity contribution >= 4 is 28.5 Å². The van der Waals surface area contributed by atoms with Crippen molar-refractivity contribution in [1.82, 2.24) is 0 Å². The highest BCUT2D eigenvalue weighted by atomic mass is 32.2. The van der Waals surface area contributed by atoms with Crippen LogP contribution in [0.1, 0.15) is 22.8 Å². The van der Waals surface area contributed by atoms with Gasteiger partial charge in [0, 0.05) is 11.7 Å². The van der Waals surface area contributed by atoms with Crippen LogP contribution in [0.5, 0.6) is 0 Å². The van der Waals surface area contributed by atoms with Gasteiger partial charge in [0.25, 0.3) is 0 Å². The van der Waals surface area contributed by atoms with Crippen LogP contribution in [0.15, 0.2) is 54.6 Å². The van der Waals surface area contributed by atoms with Crippen molar-refractivity contribution in [3.8, 4) is 0 Å². The number of carbonyl (C=O) groups is 1. The van der Waals surface area contributed by atoms with Gasteiger partial charge in [0.1, 0.15) is 0 Å². The van der Waals surface area contributed by atoms with Crippen molar-refractivity contribution < 1.29 is 4.79 Å². The SMILES string of the molecule is Cc1ccc([C@H]2CC(=O)N(c3ccccc3)C(=N)S2)cc1. The summed E-state index contributed by atoms with van der Waals surface area (Å²) in [5.74, 6) is -0.0180. The molecule has 1 heterocycles. The number of rotatable bonds is 2. The Labute approximate surface area is 128 Å². The van der Waals surface area contributed by atoms with Crippen LogP contribution in [0.25, 0.3) is 0 Å². The molecule has 3 nitrogen and oxygen atoms in total. The van der Waals surface area contributed by atoms with E-state index in [0.717, 1.165) is 11.3 Å². The number of amidine groups is 1. The van der Waals surface area contributed by atoms with Crippen LogP contribution in [0.4, 0.5) is 5.69 Å². The minimum absolute atomic E-state index is 0.0180. The Kier molecular flexibility index (Phi) is 3.80. The number of hydrogen-bond acceptors (Lipinski definition) is 3. The number of carbonyl (C=O) groups excluding carboxylic acids is 1. The van der Waals surface area contributed by atoms with E-state index in [1.165, 1.54) is 22.2 Å². The molecule has 1 aliphatic rings. The highest BCUT2D eigenvalue weighted by molar-refractivity contribution is 8.14. The molecule has 1 fully saturated rings. The lowest BCUT2D eigenvalue weighted by Crippen LogP contribution is -2.39. The van der Waals surface area contributed by atoms with Gasteiger partial charge < -0.3 is 0 Å². The number of hydrogen-bond donors (Lipinski definition) is 1. The van der Waals surface area contributed by atoms with Gasteiger partial charge in [-0.2, -0.15) is 0 Å². The summed E-state index contributed by atoms with van der Waals surface area (Å²) < 4.78 is 0. The molecule has 2 aromatic rings. The molecule has 1 atom stereocenters. The summed E-state index contributed by atoms with van der Waals surface area (Å²) in [5.41, 5.74) is 3.07. The zero-order chi connectivity index (χ0) is 14.8. The number of thioether (sulfide) groups is 1. The zero-order valence-corrected chi connectivity index (χ0v) is 12.6. The Balaban J connectivity index is 1.83. The fourth-order valence-corrected chi connectivity index (χ4v) is 3.50. The maximum absolute atomic E-state index is 12.4. The summed E-state index contributed by atoms with van der Waals surface area (Å²) >= 11 is 1.44. The molecule has 0 unspecified atom stereocenters. The number of para-hydroxylation sites is 1. The minimum Gasteiger partial charge on any atom is -0.278 e. The number of benzene rings is 2. The largest absolute Gasteiger partial charge is 0.278 e. The second kappa shape index (κ2) is 5.74. The maximum Gasteiger partial charge on any atom is 0.234 e. The van der Waals surface area contributed by atoms with E-state index in [1.807, 2.05) is 61.5 Å². The fourth-order valence-electron chi connectivity index (χ4n) is 2.40. The van der Waals surface area contributed by atoms with E-state index >= 15 is 0 Å². The van der Waals surface area contributed by atoms with E-state index < -0.39 is 0 Å². The zero-order valence-electron chi connectivity index (χ0n) is 11.7. The van der Waals surface area contributed by atoms with E-state index in [0.29, 0.717) is 11.6 Å². The second-order valence-electron chi connectivity index (χ2n) is 5.09. The molecule has 0 aliphatic carbocycles. The molecule has 3 rings (SSSR count). The Morgan fingerprint density at radius 1 is 1.10 bits per heavy atom. The molecule has 1 saturated heterocycles. The highest BCUT2D eigenvalue weighted by Gasteiger charge is 2.32. The number of nitrogens with one attached hydrogen (secondary N) is 1. The summed E-state index contributed by atoms with van der Waals surface area (Å²) in [4.78, 5) is 13.9. The highest BCUT2D eigenvalue weighted by Crippen LogP contribution is 2.39. The lowest BCUT2D eigenvalue weighted by Gasteiger charge is -2.31. The van der Waals surface area contributed by atoms with Gasteiger partial charge in [-0.25, -0.2) is 0 Å². The van der Waals surface area contributed by atoms with Crippen LogP contribution in [0, 0.1) is 12.3 Å². The van der Waals surface area contributed by atoms with Crippen molar-refractivity contribution in [3.05, 3.63) is 65.7 Å². The molecule has 106 valence electrons. The Bertz CT molecular complexity index is 649. The summed E-state index contributed by atoms with van der Waals surface area (Å²) in [6.07, 6.45) is 0.422. The Hall–Kier alpha value is -2.07. The molecular weight excluding hydrogens is 280 g/mol.